The molecule has 0 saturated heterocycles. The highest BCUT2D eigenvalue weighted by molar-refractivity contribution is 4.91. The number of unbranched alkanes of at least 4 members (excludes halogenated alkanes) is 1. The summed E-state index contributed by atoms with van der Waals surface area (Å²) in [6.07, 6.45) is 10.2. The predicted molar refractivity (Wildman–Crippen MR) is 55.1 cm³/mol. The van der Waals surface area contributed by atoms with E-state index in [-0.39, 0.29) is 0 Å². The molecule has 1 fully saturated rings. The minimum Gasteiger partial charge on any atom is -0.0883 e. The van der Waals surface area contributed by atoms with Crippen molar-refractivity contribution in [1.82, 2.24) is 0 Å². The van der Waals surface area contributed by atoms with Gasteiger partial charge in [-0.25, -0.2) is 0 Å². The lowest BCUT2D eigenvalue weighted by Gasteiger charge is -2.03. The van der Waals surface area contributed by atoms with Gasteiger partial charge in [-0.3, -0.25) is 0 Å². The van der Waals surface area contributed by atoms with Crippen LogP contribution in [0.3, 0.4) is 0 Å². The van der Waals surface area contributed by atoms with E-state index in [0.29, 0.717) is 0 Å². The minimum atomic E-state index is 0.812. The first-order chi connectivity index (χ1) is 5.74. The lowest BCUT2D eigenvalue weighted by Crippen LogP contribution is -1.91. The standard InChI is InChI=1S/C12H22/c1-4-5-6-7-10(2)8-12-9-11(12)3/h6-7,10-12H,4-5,8-9H2,1-3H3. The summed E-state index contributed by atoms with van der Waals surface area (Å²) < 4.78 is 0. The van der Waals surface area contributed by atoms with E-state index < -0.39 is 0 Å². The fraction of sp³-hybridized carbons (Fsp3) is 0.833. The second-order valence-corrected chi connectivity index (χ2v) is 4.40. The lowest BCUT2D eigenvalue weighted by atomic mass is 10.0. The molecule has 1 aliphatic carbocycles. The van der Waals surface area contributed by atoms with Crippen molar-refractivity contribution in [3.05, 3.63) is 12.2 Å². The molecule has 1 saturated carbocycles. The van der Waals surface area contributed by atoms with Gasteiger partial charge in [-0.05, 0) is 37.0 Å². The molecule has 0 aromatic rings. The van der Waals surface area contributed by atoms with Crippen LogP contribution in [0.15, 0.2) is 12.2 Å². The van der Waals surface area contributed by atoms with E-state index in [4.69, 9.17) is 0 Å². The molecule has 0 bridgehead atoms. The molecule has 3 unspecified atom stereocenters. The molecule has 1 rings (SSSR count). The number of hydrogen-bond donors (Lipinski definition) is 0. The van der Waals surface area contributed by atoms with Crippen LogP contribution in [0.2, 0.25) is 0 Å². The molecular weight excluding hydrogens is 144 g/mol. The van der Waals surface area contributed by atoms with Gasteiger partial charge in [0.1, 0.15) is 0 Å². The van der Waals surface area contributed by atoms with Gasteiger partial charge in [0.2, 0.25) is 0 Å². The van der Waals surface area contributed by atoms with E-state index >= 15 is 0 Å². The molecule has 0 spiro atoms. The second kappa shape index (κ2) is 4.69. The Kier molecular flexibility index (Phi) is 3.84. The van der Waals surface area contributed by atoms with Crippen LogP contribution in [0.1, 0.15) is 46.5 Å². The van der Waals surface area contributed by atoms with Crippen LogP contribution in [0.4, 0.5) is 0 Å². The van der Waals surface area contributed by atoms with Crippen molar-refractivity contribution in [3.8, 4) is 0 Å². The smallest absolute Gasteiger partial charge is 0.0259 e. The average Bonchev–Trinajstić information content (AvgIpc) is 2.67. The molecule has 0 amide bonds. The maximum atomic E-state index is 2.40. The van der Waals surface area contributed by atoms with E-state index in [1.165, 1.54) is 25.7 Å². The first-order valence-corrected chi connectivity index (χ1v) is 5.40. The summed E-state index contributed by atoms with van der Waals surface area (Å²) in [6, 6.07) is 0. The van der Waals surface area contributed by atoms with Crippen molar-refractivity contribution < 1.29 is 0 Å². The molecule has 0 aromatic carbocycles. The summed E-state index contributed by atoms with van der Waals surface area (Å²) in [4.78, 5) is 0. The second-order valence-electron chi connectivity index (χ2n) is 4.40. The SMILES string of the molecule is CCCC=CC(C)CC1CC1C. The normalized spacial score (nSPS) is 30.9. The zero-order chi connectivity index (χ0) is 8.97. The Hall–Kier alpha value is -0.260. The summed E-state index contributed by atoms with van der Waals surface area (Å²) in [5, 5.41) is 0. The van der Waals surface area contributed by atoms with Gasteiger partial charge >= 0.3 is 0 Å². The van der Waals surface area contributed by atoms with Gasteiger partial charge in [0.25, 0.3) is 0 Å². The number of rotatable bonds is 5. The van der Waals surface area contributed by atoms with E-state index in [9.17, 15) is 0 Å². The van der Waals surface area contributed by atoms with E-state index in [0.717, 1.165) is 17.8 Å². The van der Waals surface area contributed by atoms with Crippen LogP contribution in [0.25, 0.3) is 0 Å². The Morgan fingerprint density at radius 1 is 1.50 bits per heavy atom. The first-order valence-electron chi connectivity index (χ1n) is 5.40. The third kappa shape index (κ3) is 3.42. The summed E-state index contributed by atoms with van der Waals surface area (Å²) in [7, 11) is 0. The van der Waals surface area contributed by atoms with Gasteiger partial charge in [-0.1, -0.05) is 39.3 Å². The van der Waals surface area contributed by atoms with Crippen molar-refractivity contribution in [2.24, 2.45) is 17.8 Å². The highest BCUT2D eigenvalue weighted by atomic mass is 14.4. The van der Waals surface area contributed by atoms with Crippen molar-refractivity contribution in [1.29, 1.82) is 0 Å². The van der Waals surface area contributed by atoms with Gasteiger partial charge in [0.05, 0.1) is 0 Å². The third-order valence-electron chi connectivity index (χ3n) is 2.87. The largest absolute Gasteiger partial charge is 0.0883 e. The van der Waals surface area contributed by atoms with Gasteiger partial charge in [0, 0.05) is 0 Å². The topological polar surface area (TPSA) is 0 Å². The average molecular weight is 166 g/mol. The summed E-state index contributed by atoms with van der Waals surface area (Å²) in [5.74, 6) is 2.88. The maximum absolute atomic E-state index is 2.40. The summed E-state index contributed by atoms with van der Waals surface area (Å²) in [5.41, 5.74) is 0. The van der Waals surface area contributed by atoms with Crippen molar-refractivity contribution in [2.45, 2.75) is 46.5 Å². The molecule has 1 aliphatic rings. The van der Waals surface area contributed by atoms with E-state index in [2.05, 4.69) is 32.9 Å². The minimum absolute atomic E-state index is 0.812. The molecular formula is C12H22. The van der Waals surface area contributed by atoms with Crippen LogP contribution in [-0.2, 0) is 0 Å². The Labute approximate surface area is 77.1 Å². The Balaban J connectivity index is 2.07. The van der Waals surface area contributed by atoms with Gasteiger partial charge in [0.15, 0.2) is 0 Å². The first kappa shape index (κ1) is 9.83. The quantitative estimate of drug-likeness (QED) is 0.541. The lowest BCUT2D eigenvalue weighted by molar-refractivity contribution is 0.563. The zero-order valence-electron chi connectivity index (χ0n) is 8.72. The Morgan fingerprint density at radius 2 is 2.17 bits per heavy atom. The van der Waals surface area contributed by atoms with E-state index in [1.54, 1.807) is 0 Å². The van der Waals surface area contributed by atoms with Crippen LogP contribution < -0.4 is 0 Å². The third-order valence-corrected chi connectivity index (χ3v) is 2.87. The number of hydrogen-bond acceptors (Lipinski definition) is 0. The summed E-state index contributed by atoms with van der Waals surface area (Å²) in [6.45, 7) is 6.95. The molecule has 0 aromatic heterocycles. The van der Waals surface area contributed by atoms with Crippen LogP contribution in [-0.4, -0.2) is 0 Å². The summed E-state index contributed by atoms with van der Waals surface area (Å²) >= 11 is 0. The fourth-order valence-corrected chi connectivity index (χ4v) is 1.78. The number of allylic oxidation sites excluding steroid dienone is 2. The van der Waals surface area contributed by atoms with Crippen LogP contribution >= 0.6 is 0 Å². The van der Waals surface area contributed by atoms with Gasteiger partial charge in [-0.15, -0.1) is 0 Å². The van der Waals surface area contributed by atoms with Crippen molar-refractivity contribution in [3.63, 3.8) is 0 Å². The van der Waals surface area contributed by atoms with Gasteiger partial charge < -0.3 is 0 Å². The zero-order valence-corrected chi connectivity index (χ0v) is 8.72. The Morgan fingerprint density at radius 3 is 2.67 bits per heavy atom. The Bertz CT molecular complexity index is 146. The molecule has 0 N–H and O–H groups in total. The predicted octanol–water partition coefficient (Wildman–Crippen LogP) is 4.02. The molecule has 0 heterocycles. The van der Waals surface area contributed by atoms with E-state index in [1.807, 2.05) is 0 Å². The van der Waals surface area contributed by atoms with Crippen LogP contribution in [0, 0.1) is 17.8 Å². The molecule has 0 radical (unpaired) electrons. The van der Waals surface area contributed by atoms with Crippen LogP contribution in [0.5, 0.6) is 0 Å². The van der Waals surface area contributed by atoms with Gasteiger partial charge in [-0.2, -0.15) is 0 Å². The molecule has 0 nitrogen and oxygen atoms in total. The molecule has 3 atom stereocenters. The molecule has 70 valence electrons. The molecule has 12 heavy (non-hydrogen) atoms. The van der Waals surface area contributed by atoms with Crippen molar-refractivity contribution in [2.75, 3.05) is 0 Å². The maximum Gasteiger partial charge on any atom is -0.0259 e. The molecule has 0 aliphatic heterocycles. The molecule has 0 heteroatoms. The van der Waals surface area contributed by atoms with Crippen molar-refractivity contribution >= 4 is 0 Å². The monoisotopic (exact) mass is 166 g/mol. The highest BCUT2D eigenvalue weighted by Gasteiger charge is 2.32. The fourth-order valence-electron chi connectivity index (χ4n) is 1.78. The highest BCUT2D eigenvalue weighted by Crippen LogP contribution is 2.42.